The van der Waals surface area contributed by atoms with Gasteiger partial charge in [-0.15, -0.1) is 0 Å². The van der Waals surface area contributed by atoms with E-state index in [4.69, 9.17) is 4.74 Å². The maximum atomic E-state index is 12.2. The van der Waals surface area contributed by atoms with Gasteiger partial charge in [-0.05, 0) is 42.7 Å². The molecular formula is C24H24N2O2. The Morgan fingerprint density at radius 2 is 1.75 bits per heavy atom. The molecule has 2 aliphatic rings. The van der Waals surface area contributed by atoms with Crippen molar-refractivity contribution >= 4 is 16.8 Å². The number of aromatic nitrogens is 1. The van der Waals surface area contributed by atoms with Crippen molar-refractivity contribution in [2.75, 3.05) is 13.1 Å². The summed E-state index contributed by atoms with van der Waals surface area (Å²) >= 11 is 0. The van der Waals surface area contributed by atoms with E-state index < -0.39 is 0 Å². The first-order valence-electron chi connectivity index (χ1n) is 10.2. The Morgan fingerprint density at radius 1 is 0.929 bits per heavy atom. The number of benzene rings is 2. The van der Waals surface area contributed by atoms with Gasteiger partial charge in [0.25, 0.3) is 0 Å². The van der Waals surface area contributed by atoms with Gasteiger partial charge in [-0.3, -0.25) is 9.78 Å². The van der Waals surface area contributed by atoms with Crippen LogP contribution in [0.5, 0.6) is 5.75 Å². The Bertz CT molecular complexity index is 1000. The lowest BCUT2D eigenvalue weighted by atomic mass is 10.0. The molecule has 5 rings (SSSR count). The highest BCUT2D eigenvalue weighted by Gasteiger charge is 2.35. The summed E-state index contributed by atoms with van der Waals surface area (Å²) in [5.74, 6) is 1.55. The molecule has 0 unspecified atom stereocenters. The molecule has 1 aromatic heterocycles. The van der Waals surface area contributed by atoms with Crippen molar-refractivity contribution in [3.8, 4) is 16.9 Å². The molecule has 28 heavy (non-hydrogen) atoms. The third-order valence-corrected chi connectivity index (χ3v) is 5.74. The predicted octanol–water partition coefficient (Wildman–Crippen LogP) is 4.68. The highest BCUT2D eigenvalue weighted by atomic mass is 16.5. The van der Waals surface area contributed by atoms with Crippen molar-refractivity contribution < 1.29 is 9.53 Å². The quantitative estimate of drug-likeness (QED) is 0.668. The zero-order valence-electron chi connectivity index (χ0n) is 15.9. The molecule has 142 valence electrons. The number of nitrogens with zero attached hydrogens (tertiary/aromatic N) is 2. The number of rotatable bonds is 4. The summed E-state index contributed by atoms with van der Waals surface area (Å²) in [6.07, 6.45) is 6.05. The van der Waals surface area contributed by atoms with Crippen LogP contribution in [0, 0.1) is 5.92 Å². The number of carbonyl (C=O) groups is 1. The van der Waals surface area contributed by atoms with Gasteiger partial charge >= 0.3 is 0 Å². The molecule has 2 heterocycles. The number of piperidine rings is 1. The van der Waals surface area contributed by atoms with Crippen molar-refractivity contribution in [3.05, 3.63) is 60.8 Å². The monoisotopic (exact) mass is 372 g/mol. The molecule has 1 aliphatic carbocycles. The molecule has 4 heteroatoms. The minimum absolute atomic E-state index is 0.174. The van der Waals surface area contributed by atoms with Gasteiger partial charge in [0.2, 0.25) is 5.91 Å². The number of para-hydroxylation sites is 1. The number of hydrogen-bond acceptors (Lipinski definition) is 3. The minimum Gasteiger partial charge on any atom is -0.490 e. The summed E-state index contributed by atoms with van der Waals surface area (Å²) in [5, 5.41) is 1.14. The van der Waals surface area contributed by atoms with Crippen LogP contribution in [-0.2, 0) is 4.79 Å². The number of ether oxygens (including phenoxy) is 1. The number of hydrogen-bond donors (Lipinski definition) is 0. The van der Waals surface area contributed by atoms with Crippen molar-refractivity contribution in [1.82, 2.24) is 9.88 Å². The fourth-order valence-corrected chi connectivity index (χ4v) is 3.95. The van der Waals surface area contributed by atoms with Crippen LogP contribution in [0.2, 0.25) is 0 Å². The van der Waals surface area contributed by atoms with Gasteiger partial charge in [0.05, 0.1) is 5.52 Å². The fourth-order valence-electron chi connectivity index (χ4n) is 3.95. The lowest BCUT2D eigenvalue weighted by molar-refractivity contribution is -0.134. The summed E-state index contributed by atoms with van der Waals surface area (Å²) in [6, 6.07) is 18.6. The third-order valence-electron chi connectivity index (χ3n) is 5.74. The molecule has 1 saturated carbocycles. The van der Waals surface area contributed by atoms with E-state index in [-0.39, 0.29) is 6.10 Å². The topological polar surface area (TPSA) is 42.4 Å². The molecule has 1 aliphatic heterocycles. The van der Waals surface area contributed by atoms with E-state index in [1.807, 2.05) is 41.4 Å². The average Bonchev–Trinajstić information content (AvgIpc) is 3.59. The van der Waals surface area contributed by atoms with Gasteiger partial charge in [0.1, 0.15) is 11.9 Å². The largest absolute Gasteiger partial charge is 0.490 e. The van der Waals surface area contributed by atoms with Crippen molar-refractivity contribution in [2.24, 2.45) is 5.92 Å². The van der Waals surface area contributed by atoms with E-state index in [0.29, 0.717) is 11.8 Å². The van der Waals surface area contributed by atoms with Crippen LogP contribution in [0.1, 0.15) is 25.7 Å². The van der Waals surface area contributed by atoms with E-state index in [0.717, 1.165) is 66.6 Å². The number of carbonyl (C=O) groups excluding carboxylic acids is 1. The Balaban J connectivity index is 1.27. The van der Waals surface area contributed by atoms with E-state index in [1.54, 1.807) is 0 Å². The smallest absolute Gasteiger partial charge is 0.225 e. The molecule has 0 atom stereocenters. The number of likely N-dealkylation sites (tertiary alicyclic amines) is 1. The lowest BCUT2D eigenvalue weighted by Gasteiger charge is -2.32. The minimum atomic E-state index is 0.174. The predicted molar refractivity (Wildman–Crippen MR) is 110 cm³/mol. The zero-order chi connectivity index (χ0) is 18.9. The van der Waals surface area contributed by atoms with Crippen LogP contribution < -0.4 is 4.74 Å². The average molecular weight is 372 g/mol. The lowest BCUT2D eigenvalue weighted by Crippen LogP contribution is -2.42. The zero-order valence-corrected chi connectivity index (χ0v) is 15.9. The van der Waals surface area contributed by atoms with Crippen molar-refractivity contribution in [2.45, 2.75) is 31.8 Å². The maximum absolute atomic E-state index is 12.2. The Morgan fingerprint density at radius 3 is 2.57 bits per heavy atom. The number of pyridine rings is 1. The first-order valence-corrected chi connectivity index (χ1v) is 10.2. The van der Waals surface area contributed by atoms with Crippen molar-refractivity contribution in [1.29, 1.82) is 0 Å². The highest BCUT2D eigenvalue weighted by Crippen LogP contribution is 2.32. The first-order chi connectivity index (χ1) is 13.8. The standard InChI is InChI=1S/C24H24N2O2/c27-24(17-8-9-17)26-12-10-21(11-13-26)28-22-6-3-5-18(15-22)20-14-19-4-1-2-7-23(19)25-16-20/h1-7,14-17,21H,8-13H2. The third kappa shape index (κ3) is 3.59. The molecule has 3 aromatic rings. The second-order valence-corrected chi connectivity index (χ2v) is 7.86. The normalized spacial score (nSPS) is 17.6. The van der Waals surface area contributed by atoms with Crippen LogP contribution in [0.15, 0.2) is 60.8 Å². The molecule has 2 aromatic carbocycles. The van der Waals surface area contributed by atoms with Gasteiger partial charge < -0.3 is 9.64 Å². The molecule has 0 bridgehead atoms. The van der Waals surface area contributed by atoms with Gasteiger partial charge in [-0.25, -0.2) is 0 Å². The molecule has 0 spiro atoms. The van der Waals surface area contributed by atoms with Crippen LogP contribution in [-0.4, -0.2) is 35.0 Å². The summed E-state index contributed by atoms with van der Waals surface area (Å²) in [4.78, 5) is 18.8. The maximum Gasteiger partial charge on any atom is 0.225 e. The second kappa shape index (κ2) is 7.27. The molecular weight excluding hydrogens is 348 g/mol. The number of fused-ring (bicyclic) bond motifs is 1. The summed E-state index contributed by atoms with van der Waals surface area (Å²) in [6.45, 7) is 1.63. The second-order valence-electron chi connectivity index (χ2n) is 7.86. The molecule has 1 saturated heterocycles. The van der Waals surface area contributed by atoms with E-state index in [1.165, 1.54) is 0 Å². The SMILES string of the molecule is O=C(C1CC1)N1CCC(Oc2cccc(-c3cnc4ccccc4c3)c2)CC1. The Hall–Kier alpha value is -2.88. The fraction of sp³-hybridized carbons (Fsp3) is 0.333. The number of amides is 1. The van der Waals surface area contributed by atoms with Crippen molar-refractivity contribution in [3.63, 3.8) is 0 Å². The van der Waals surface area contributed by atoms with Crippen LogP contribution in [0.25, 0.3) is 22.0 Å². The van der Waals surface area contributed by atoms with Gasteiger partial charge in [0.15, 0.2) is 0 Å². The van der Waals surface area contributed by atoms with Gasteiger partial charge in [0, 0.05) is 49.0 Å². The Kier molecular flexibility index (Phi) is 4.47. The highest BCUT2D eigenvalue weighted by molar-refractivity contribution is 5.83. The van der Waals surface area contributed by atoms with Crippen LogP contribution in [0.4, 0.5) is 0 Å². The molecule has 2 fully saturated rings. The summed E-state index contributed by atoms with van der Waals surface area (Å²) in [7, 11) is 0. The van der Waals surface area contributed by atoms with Crippen LogP contribution >= 0.6 is 0 Å². The van der Waals surface area contributed by atoms with E-state index >= 15 is 0 Å². The van der Waals surface area contributed by atoms with Gasteiger partial charge in [-0.2, -0.15) is 0 Å². The van der Waals surface area contributed by atoms with E-state index in [2.05, 4.69) is 29.2 Å². The molecule has 0 radical (unpaired) electrons. The van der Waals surface area contributed by atoms with E-state index in [9.17, 15) is 4.79 Å². The first kappa shape index (κ1) is 17.2. The Labute approximate surface area is 165 Å². The molecule has 1 amide bonds. The summed E-state index contributed by atoms with van der Waals surface area (Å²) in [5.41, 5.74) is 3.21. The van der Waals surface area contributed by atoms with Gasteiger partial charge in [-0.1, -0.05) is 30.3 Å². The van der Waals surface area contributed by atoms with Crippen LogP contribution in [0.3, 0.4) is 0 Å². The summed E-state index contributed by atoms with van der Waals surface area (Å²) < 4.78 is 6.25. The molecule has 4 nitrogen and oxygen atoms in total. The molecule has 0 N–H and O–H groups in total.